The van der Waals surface area contributed by atoms with Crippen LogP contribution in [0.4, 0.5) is 10.1 Å². The van der Waals surface area contributed by atoms with E-state index in [0.717, 1.165) is 55.7 Å². The molecule has 0 saturated carbocycles. The lowest BCUT2D eigenvalue weighted by molar-refractivity contribution is 0.0780. The van der Waals surface area contributed by atoms with E-state index in [0.29, 0.717) is 39.8 Å². The summed E-state index contributed by atoms with van der Waals surface area (Å²) in [5.41, 5.74) is 4.11. The number of hydrogen-bond acceptors (Lipinski definition) is 4. The van der Waals surface area contributed by atoms with Crippen LogP contribution in [0.5, 0.6) is 0 Å². The topological polar surface area (TPSA) is 60.9 Å². The largest absolute Gasteiger partial charge is 0.341 e. The number of aryl methyl sites for hydroxylation is 2. The Morgan fingerprint density at radius 3 is 2.30 bits per heavy atom. The summed E-state index contributed by atoms with van der Waals surface area (Å²) in [6, 6.07) is 16.7. The molecule has 1 atom stereocenters. The summed E-state index contributed by atoms with van der Waals surface area (Å²) in [5, 5.41) is 0.949. The van der Waals surface area contributed by atoms with Gasteiger partial charge in [-0.3, -0.25) is 9.10 Å². The monoisotopic (exact) mass is 645 g/mol. The third-order valence-corrected chi connectivity index (χ3v) is 11.0. The first-order chi connectivity index (χ1) is 20.3. The van der Waals surface area contributed by atoms with Crippen LogP contribution in [0.3, 0.4) is 0 Å². The van der Waals surface area contributed by atoms with E-state index in [2.05, 4.69) is 11.0 Å². The minimum Gasteiger partial charge on any atom is -0.341 e. The summed E-state index contributed by atoms with van der Waals surface area (Å²) >= 11 is 12.6. The lowest BCUT2D eigenvalue weighted by Crippen LogP contribution is -2.46. The van der Waals surface area contributed by atoms with Crippen molar-refractivity contribution in [2.45, 2.75) is 44.4 Å². The average Bonchev–Trinajstić information content (AvgIpc) is 3.30. The van der Waals surface area contributed by atoms with E-state index < -0.39 is 10.0 Å². The van der Waals surface area contributed by atoms with Crippen LogP contribution in [-0.4, -0.2) is 70.2 Å². The minimum atomic E-state index is -3.36. The van der Waals surface area contributed by atoms with Gasteiger partial charge in [0.25, 0.3) is 5.91 Å². The van der Waals surface area contributed by atoms with Crippen LogP contribution in [0.1, 0.15) is 57.8 Å². The summed E-state index contributed by atoms with van der Waals surface area (Å²) in [7, 11) is -1.59. The molecular weight excluding hydrogens is 608 g/mol. The molecule has 0 bridgehead atoms. The molecule has 0 radical (unpaired) electrons. The van der Waals surface area contributed by atoms with Crippen molar-refractivity contribution in [3.05, 3.63) is 98.3 Å². The maximum absolute atomic E-state index is 14.2. The summed E-state index contributed by atoms with van der Waals surface area (Å²) in [6.45, 7) is 6.80. The zero-order chi connectivity index (χ0) is 31.1. The molecule has 0 N–H and O–H groups in total. The van der Waals surface area contributed by atoms with Crippen LogP contribution >= 0.6 is 23.2 Å². The predicted octanol–water partition coefficient (Wildman–Crippen LogP) is 6.81. The van der Waals surface area contributed by atoms with Crippen LogP contribution in [0.25, 0.3) is 0 Å². The number of halogens is 3. The van der Waals surface area contributed by atoms with Crippen LogP contribution in [0.15, 0.2) is 54.6 Å². The fraction of sp³-hybridized carbons (Fsp3) is 0.424. The molecule has 1 spiro atoms. The van der Waals surface area contributed by atoms with Gasteiger partial charge in [-0.15, -0.1) is 0 Å². The Kier molecular flexibility index (Phi) is 9.15. The average molecular weight is 647 g/mol. The molecule has 5 rings (SSSR count). The number of likely N-dealkylation sites (N-methyl/N-ethyl adjacent to an activating group) is 1. The minimum absolute atomic E-state index is 0.00446. The number of para-hydroxylation sites is 1. The molecule has 0 aliphatic carbocycles. The molecule has 1 fully saturated rings. The Bertz CT molecular complexity index is 1620. The van der Waals surface area contributed by atoms with E-state index >= 15 is 0 Å². The van der Waals surface area contributed by atoms with Gasteiger partial charge in [0.15, 0.2) is 0 Å². The maximum atomic E-state index is 14.2. The van der Waals surface area contributed by atoms with Gasteiger partial charge < -0.3 is 9.80 Å². The van der Waals surface area contributed by atoms with Gasteiger partial charge in [-0.2, -0.15) is 0 Å². The SMILES string of the molecule is Cc1cc(C(=O)N(C)CC(CCN2CCC3(CC2)CN(S(C)(=O)=O)c2ccccc23)c2ccc(Cl)c(Cl)c2)cc(C)c1F. The molecule has 3 aromatic rings. The van der Waals surface area contributed by atoms with Gasteiger partial charge in [0.1, 0.15) is 5.82 Å². The molecule has 10 heteroatoms. The van der Waals surface area contributed by atoms with Crippen molar-refractivity contribution in [2.75, 3.05) is 50.3 Å². The fourth-order valence-corrected chi connectivity index (χ4v) is 7.99. The Morgan fingerprint density at radius 1 is 1.02 bits per heavy atom. The second-order valence-corrected chi connectivity index (χ2v) is 14.9. The molecule has 1 amide bonds. The van der Waals surface area contributed by atoms with Crippen molar-refractivity contribution in [1.29, 1.82) is 0 Å². The number of likely N-dealkylation sites (tertiary alicyclic amines) is 1. The summed E-state index contributed by atoms with van der Waals surface area (Å²) in [6.07, 6.45) is 3.81. The molecule has 230 valence electrons. The molecule has 3 aromatic carbocycles. The molecule has 6 nitrogen and oxygen atoms in total. The number of carbonyl (C=O) groups excluding carboxylic acids is 1. The van der Waals surface area contributed by atoms with Gasteiger partial charge in [0.05, 0.1) is 22.0 Å². The fourth-order valence-electron chi connectivity index (χ4n) is 6.68. The van der Waals surface area contributed by atoms with E-state index in [-0.39, 0.29) is 23.1 Å². The number of benzene rings is 3. The van der Waals surface area contributed by atoms with Gasteiger partial charge in [-0.1, -0.05) is 47.5 Å². The van der Waals surface area contributed by atoms with E-state index in [1.165, 1.54) is 6.26 Å². The van der Waals surface area contributed by atoms with E-state index in [4.69, 9.17) is 23.2 Å². The van der Waals surface area contributed by atoms with Gasteiger partial charge in [-0.05, 0) is 105 Å². The second kappa shape index (κ2) is 12.4. The summed E-state index contributed by atoms with van der Waals surface area (Å²) in [5.74, 6) is -0.456. The first-order valence-electron chi connectivity index (χ1n) is 14.6. The quantitative estimate of drug-likeness (QED) is 0.270. The molecule has 1 unspecified atom stereocenters. The molecule has 1 saturated heterocycles. The highest BCUT2D eigenvalue weighted by Crippen LogP contribution is 2.48. The predicted molar refractivity (Wildman–Crippen MR) is 173 cm³/mol. The normalized spacial score (nSPS) is 17.2. The Balaban J connectivity index is 1.29. The highest BCUT2D eigenvalue weighted by atomic mass is 35.5. The standard InChI is InChI=1S/C33H38Cl2FN3O3S/c1-22-17-26(18-23(2)31(22)36)32(40)37(3)20-25(24-9-10-28(34)29(35)19-24)11-14-38-15-12-33(13-16-38)21-39(43(4,41)42)30-8-6-5-7-27(30)33/h5-10,17-19,25H,11-16,20-21H2,1-4H3. The maximum Gasteiger partial charge on any atom is 0.253 e. The first-order valence-corrected chi connectivity index (χ1v) is 17.2. The van der Waals surface area contributed by atoms with Gasteiger partial charge in [-0.25, -0.2) is 12.8 Å². The number of hydrogen-bond donors (Lipinski definition) is 0. The van der Waals surface area contributed by atoms with Crippen molar-refractivity contribution in [1.82, 2.24) is 9.80 Å². The molecular formula is C33H38Cl2FN3O3S. The number of fused-ring (bicyclic) bond motifs is 2. The smallest absolute Gasteiger partial charge is 0.253 e. The van der Waals surface area contributed by atoms with Crippen molar-refractivity contribution in [2.24, 2.45) is 0 Å². The lowest BCUT2D eigenvalue weighted by atomic mass is 9.74. The van der Waals surface area contributed by atoms with Crippen LogP contribution in [0, 0.1) is 19.7 Å². The van der Waals surface area contributed by atoms with E-state index in [1.54, 1.807) is 48.3 Å². The van der Waals surface area contributed by atoms with E-state index in [9.17, 15) is 17.6 Å². The van der Waals surface area contributed by atoms with Crippen LogP contribution < -0.4 is 4.31 Å². The Hall–Kier alpha value is -2.65. The molecule has 2 aliphatic heterocycles. The summed E-state index contributed by atoms with van der Waals surface area (Å²) < 4.78 is 40.9. The zero-order valence-corrected chi connectivity index (χ0v) is 27.4. The number of nitrogens with zero attached hydrogens (tertiary/aromatic N) is 3. The highest BCUT2D eigenvalue weighted by Gasteiger charge is 2.46. The number of sulfonamides is 1. The van der Waals surface area contributed by atoms with E-state index in [1.807, 2.05) is 30.3 Å². The highest BCUT2D eigenvalue weighted by molar-refractivity contribution is 7.92. The molecule has 43 heavy (non-hydrogen) atoms. The number of rotatable bonds is 8. The third kappa shape index (κ3) is 6.58. The van der Waals surface area contributed by atoms with Crippen molar-refractivity contribution < 1.29 is 17.6 Å². The van der Waals surface area contributed by atoms with Gasteiger partial charge in [0, 0.05) is 37.0 Å². The van der Waals surface area contributed by atoms with Crippen molar-refractivity contribution in [3.63, 3.8) is 0 Å². The van der Waals surface area contributed by atoms with Gasteiger partial charge in [0.2, 0.25) is 10.0 Å². The Labute approximate surface area is 264 Å². The molecule has 0 aromatic heterocycles. The Morgan fingerprint density at radius 2 is 1.67 bits per heavy atom. The summed E-state index contributed by atoms with van der Waals surface area (Å²) in [4.78, 5) is 17.5. The van der Waals surface area contributed by atoms with Crippen molar-refractivity contribution in [3.8, 4) is 0 Å². The molecule has 2 heterocycles. The first kappa shape index (κ1) is 31.8. The molecule has 2 aliphatic rings. The van der Waals surface area contributed by atoms with Crippen LogP contribution in [0.2, 0.25) is 10.0 Å². The number of amides is 1. The zero-order valence-electron chi connectivity index (χ0n) is 25.0. The third-order valence-electron chi connectivity index (χ3n) is 9.14. The lowest BCUT2D eigenvalue weighted by Gasteiger charge is -2.40. The van der Waals surface area contributed by atoms with Crippen molar-refractivity contribution >= 4 is 44.8 Å². The van der Waals surface area contributed by atoms with Crippen LogP contribution in [-0.2, 0) is 15.4 Å². The number of anilines is 1. The van der Waals surface area contributed by atoms with Gasteiger partial charge >= 0.3 is 0 Å². The number of carbonyl (C=O) groups is 1. The second-order valence-electron chi connectivity index (χ2n) is 12.2. The number of piperidine rings is 1.